The fourth-order valence-corrected chi connectivity index (χ4v) is 7.43. The van der Waals surface area contributed by atoms with Gasteiger partial charge in [-0.1, -0.05) is 49.1 Å². The van der Waals surface area contributed by atoms with Crippen molar-refractivity contribution >= 4 is 60.6 Å². The molecule has 1 fully saturated rings. The molecule has 2 aliphatic rings. The molecule has 0 bridgehead atoms. The molecule has 1 aromatic carbocycles. The van der Waals surface area contributed by atoms with E-state index in [2.05, 4.69) is 29.6 Å². The monoisotopic (exact) mass is 680 g/mol. The van der Waals surface area contributed by atoms with E-state index in [1.165, 1.54) is 48.7 Å². The molecule has 1 aliphatic heterocycles. The number of aliphatic imine (C=N–C) groups is 1. The smallest absolute Gasteiger partial charge is 0.418 e. The van der Waals surface area contributed by atoms with E-state index in [0.29, 0.717) is 18.6 Å². The number of aromatic nitrogens is 2. The van der Waals surface area contributed by atoms with E-state index in [-0.39, 0.29) is 28.3 Å². The summed E-state index contributed by atoms with van der Waals surface area (Å²) < 4.78 is 46.5. The molecule has 2 heterocycles. The number of carbonyl (C=O) groups excluding carboxylic acids is 2. The molecule has 1 aromatic heterocycles. The Labute approximate surface area is 272 Å². The number of amides is 1. The number of amidine groups is 1. The van der Waals surface area contributed by atoms with Crippen LogP contribution in [-0.4, -0.2) is 71.0 Å². The molecule has 0 N–H and O–H groups in total. The molecule has 45 heavy (non-hydrogen) atoms. The zero-order valence-corrected chi connectivity index (χ0v) is 29.3. The van der Waals surface area contributed by atoms with Gasteiger partial charge in [0.25, 0.3) is 0 Å². The number of esters is 1. The summed E-state index contributed by atoms with van der Waals surface area (Å²) in [6, 6.07) is 4.99. The number of nitrogens with zero attached hydrogens (tertiary/aromatic N) is 4. The van der Waals surface area contributed by atoms with Crippen LogP contribution in [0.1, 0.15) is 50.9 Å². The van der Waals surface area contributed by atoms with Crippen LogP contribution < -0.4 is 0 Å². The van der Waals surface area contributed by atoms with Crippen molar-refractivity contribution < 1.29 is 32.6 Å². The Balaban J connectivity index is 1.78. The normalized spacial score (nSPS) is 23.1. The largest absolute Gasteiger partial charge is 0.468 e. The number of benzene rings is 1. The maximum Gasteiger partial charge on any atom is 0.418 e. The average molecular weight is 681 g/mol. The molecular formula is C31H39ClF2N4O5SSi. The molecule has 244 valence electrons. The van der Waals surface area contributed by atoms with Crippen LogP contribution in [0.5, 0.6) is 0 Å². The Morgan fingerprint density at radius 2 is 1.93 bits per heavy atom. The van der Waals surface area contributed by atoms with Crippen LogP contribution >= 0.6 is 23.4 Å². The third kappa shape index (κ3) is 8.11. The first kappa shape index (κ1) is 35.0. The van der Waals surface area contributed by atoms with Crippen LogP contribution in [0.4, 0.5) is 13.6 Å². The van der Waals surface area contributed by atoms with E-state index in [1.54, 1.807) is 27.7 Å². The van der Waals surface area contributed by atoms with E-state index in [9.17, 15) is 9.59 Å². The lowest BCUT2D eigenvalue weighted by molar-refractivity contribution is -0.141. The summed E-state index contributed by atoms with van der Waals surface area (Å²) in [5, 5.41) is 0.259. The Bertz CT molecular complexity index is 1510. The number of fused-ring (bicyclic) bond motifs is 1. The minimum Gasteiger partial charge on any atom is -0.468 e. The van der Waals surface area contributed by atoms with Crippen molar-refractivity contribution in [2.75, 3.05) is 20.4 Å². The third-order valence-corrected chi connectivity index (χ3v) is 10.9. The van der Waals surface area contributed by atoms with Gasteiger partial charge >= 0.3 is 12.1 Å². The first-order valence-corrected chi connectivity index (χ1v) is 19.4. The average Bonchev–Trinajstić information content (AvgIpc) is 3.69. The van der Waals surface area contributed by atoms with Crippen LogP contribution in [0.2, 0.25) is 30.8 Å². The first-order chi connectivity index (χ1) is 20.9. The Hall–Kier alpha value is -2.87. The molecule has 1 amide bonds. The summed E-state index contributed by atoms with van der Waals surface area (Å²) in [6.07, 6.45) is 3.22. The van der Waals surface area contributed by atoms with Crippen molar-refractivity contribution in [2.45, 2.75) is 75.7 Å². The molecule has 0 radical (unpaired) electrons. The topological polar surface area (TPSA) is 103 Å². The summed E-state index contributed by atoms with van der Waals surface area (Å²) in [6.45, 7) is 13.8. The van der Waals surface area contributed by atoms with Crippen LogP contribution in [0, 0.1) is 11.7 Å². The van der Waals surface area contributed by atoms with Crippen molar-refractivity contribution in [2.24, 2.45) is 10.9 Å². The zero-order chi connectivity index (χ0) is 33.4. The zero-order valence-electron chi connectivity index (χ0n) is 26.7. The van der Waals surface area contributed by atoms with E-state index in [4.69, 9.17) is 30.8 Å². The van der Waals surface area contributed by atoms with Crippen molar-refractivity contribution in [3.63, 3.8) is 0 Å². The fourth-order valence-electron chi connectivity index (χ4n) is 4.99. The number of carbonyl (C=O) groups is 2. The van der Waals surface area contributed by atoms with Gasteiger partial charge in [-0.05, 0) is 63.9 Å². The molecule has 1 aliphatic carbocycles. The lowest BCUT2D eigenvalue weighted by Crippen LogP contribution is -2.47. The van der Waals surface area contributed by atoms with E-state index < -0.39 is 53.6 Å². The second-order valence-electron chi connectivity index (χ2n) is 13.5. The van der Waals surface area contributed by atoms with Gasteiger partial charge in [-0.15, -0.1) is 0 Å². The molecule has 9 nitrogen and oxygen atoms in total. The molecule has 3 atom stereocenters. The van der Waals surface area contributed by atoms with E-state index in [1.807, 2.05) is 0 Å². The Morgan fingerprint density at radius 1 is 1.22 bits per heavy atom. The number of thioether (sulfide) groups is 1. The van der Waals surface area contributed by atoms with Crippen LogP contribution in [0.25, 0.3) is 11.9 Å². The van der Waals surface area contributed by atoms with Crippen LogP contribution in [-0.2, 0) is 24.5 Å². The molecule has 2 aromatic rings. The van der Waals surface area contributed by atoms with Gasteiger partial charge in [-0.2, -0.15) is 0 Å². The maximum atomic E-state index is 15.7. The van der Waals surface area contributed by atoms with Crippen molar-refractivity contribution in [3.05, 3.63) is 58.4 Å². The number of halogens is 3. The highest BCUT2D eigenvalue weighted by Crippen LogP contribution is 2.67. The highest BCUT2D eigenvalue weighted by Gasteiger charge is 2.72. The van der Waals surface area contributed by atoms with Crippen molar-refractivity contribution in [3.8, 4) is 0 Å². The van der Waals surface area contributed by atoms with Gasteiger partial charge < -0.3 is 14.2 Å². The predicted octanol–water partition coefficient (Wildman–Crippen LogP) is 7.54. The summed E-state index contributed by atoms with van der Waals surface area (Å²) in [5.41, 5.74) is -1.74. The van der Waals surface area contributed by atoms with Crippen LogP contribution in [0.15, 0.2) is 35.6 Å². The first-order valence-electron chi connectivity index (χ1n) is 14.5. The molecule has 0 unspecified atom stereocenters. The van der Waals surface area contributed by atoms with Crippen LogP contribution in [0.3, 0.4) is 0 Å². The molecule has 4 rings (SSSR count). The summed E-state index contributed by atoms with van der Waals surface area (Å²) in [5.74, 6) is -2.28. The molecule has 0 spiro atoms. The number of hydrogen-bond acceptors (Lipinski definition) is 9. The molecule has 14 heteroatoms. The highest BCUT2D eigenvalue weighted by molar-refractivity contribution is 8.15. The second kappa shape index (κ2) is 13.1. The Morgan fingerprint density at radius 3 is 2.53 bits per heavy atom. The van der Waals surface area contributed by atoms with E-state index in [0.717, 1.165) is 17.8 Å². The predicted molar refractivity (Wildman–Crippen MR) is 175 cm³/mol. The quantitative estimate of drug-likeness (QED) is 0.116. The standard InChI is InChI=1S/C31H39ClF2N4O5SSi/c1-29(2,3)43-28(40)38(18-42-11-12-45(6,7)8)27-37-30(4,24-15-31(24,44-27)26(39)41-5)20-13-19(9-10-21(20)33)14-22(34)23-16-36-25(32)17-35-23/h9-10,13-14,16-17,24H,11-12,15,18H2,1-8H3/b22-14-/t24-,30+,31-/m0/s1. The van der Waals surface area contributed by atoms with Gasteiger partial charge in [-0.3, -0.25) is 9.79 Å². The molecule has 0 saturated heterocycles. The van der Waals surface area contributed by atoms with Gasteiger partial charge in [-0.25, -0.2) is 28.4 Å². The Kier molecular flexibility index (Phi) is 10.2. The number of rotatable bonds is 9. The number of hydrogen-bond donors (Lipinski definition) is 0. The fraction of sp³-hybridized carbons (Fsp3) is 0.516. The van der Waals surface area contributed by atoms with Gasteiger partial charge in [0.05, 0.1) is 25.0 Å². The summed E-state index contributed by atoms with van der Waals surface area (Å²) in [7, 11) is -0.141. The highest BCUT2D eigenvalue weighted by atomic mass is 35.5. The van der Waals surface area contributed by atoms with Gasteiger partial charge in [0.2, 0.25) is 0 Å². The molecular weight excluding hydrogens is 642 g/mol. The van der Waals surface area contributed by atoms with E-state index >= 15 is 8.78 Å². The summed E-state index contributed by atoms with van der Waals surface area (Å²) >= 11 is 6.86. The number of methoxy groups -OCH3 is 1. The molecule has 1 saturated carbocycles. The SMILES string of the molecule is COC(=O)[C@]12C[C@H]1[C@@](C)(c1cc(/C=C(\F)c3cnc(Cl)cn3)ccc1F)N=C(N(COCC[Si](C)(C)C)C(=O)OC(C)(C)C)S2. The third-order valence-electron chi connectivity index (χ3n) is 7.48. The minimum atomic E-state index is -1.43. The maximum absolute atomic E-state index is 15.7. The van der Waals surface area contributed by atoms with Crippen molar-refractivity contribution in [1.82, 2.24) is 14.9 Å². The lowest BCUT2D eigenvalue weighted by Gasteiger charge is -2.37. The van der Waals surface area contributed by atoms with Gasteiger partial charge in [0.15, 0.2) is 11.0 Å². The van der Waals surface area contributed by atoms with Crippen molar-refractivity contribution in [1.29, 1.82) is 0 Å². The minimum absolute atomic E-state index is 0.0418. The lowest BCUT2D eigenvalue weighted by atomic mass is 9.84. The summed E-state index contributed by atoms with van der Waals surface area (Å²) in [4.78, 5) is 40.7. The second-order valence-corrected chi connectivity index (χ2v) is 20.8. The van der Waals surface area contributed by atoms with Gasteiger partial charge in [0.1, 0.15) is 33.7 Å². The number of ether oxygens (including phenoxy) is 3. The van der Waals surface area contributed by atoms with Gasteiger partial charge in [0, 0.05) is 26.2 Å².